The third-order valence-electron chi connectivity index (χ3n) is 5.00. The van der Waals surface area contributed by atoms with Gasteiger partial charge in [-0.05, 0) is 29.8 Å². The Morgan fingerprint density at radius 2 is 2.04 bits per heavy atom. The Balaban J connectivity index is 2.09. The molecule has 2 heterocycles. The van der Waals surface area contributed by atoms with Gasteiger partial charge < -0.3 is 24.9 Å². The summed E-state index contributed by atoms with van der Waals surface area (Å²) < 4.78 is 12.4. The van der Waals surface area contributed by atoms with Crippen LogP contribution < -0.4 is 20.8 Å². The standard InChI is InChI=1S/C21H17N3O4/c1-24-14-6-4-3-5-12(14)19-18(21(24)26)17(13(10-22)20(23)28-19)11-7-8-16(27-2)15(25)9-11/h3-9,17,25H,23H2,1-2H3/t17-/m1/s1. The summed E-state index contributed by atoms with van der Waals surface area (Å²) >= 11 is 0. The van der Waals surface area contributed by atoms with Gasteiger partial charge in [-0.2, -0.15) is 5.26 Å². The number of rotatable bonds is 2. The molecule has 4 rings (SSSR count). The number of aromatic hydroxyl groups is 1. The number of nitrogens with two attached hydrogens (primary N) is 1. The number of fused-ring (bicyclic) bond motifs is 3. The predicted octanol–water partition coefficient (Wildman–Crippen LogP) is 2.47. The lowest BCUT2D eigenvalue weighted by atomic mass is 9.83. The fraction of sp³-hybridized carbons (Fsp3) is 0.143. The van der Waals surface area contributed by atoms with Gasteiger partial charge in [0.2, 0.25) is 5.88 Å². The first-order chi connectivity index (χ1) is 13.5. The van der Waals surface area contributed by atoms with Gasteiger partial charge in [-0.1, -0.05) is 18.2 Å². The zero-order chi connectivity index (χ0) is 20.0. The average Bonchev–Trinajstić information content (AvgIpc) is 2.71. The molecule has 3 N–H and O–H groups in total. The summed E-state index contributed by atoms with van der Waals surface area (Å²) in [5, 5.41) is 20.6. The number of hydrogen-bond acceptors (Lipinski definition) is 6. The Hall–Kier alpha value is -3.92. The van der Waals surface area contributed by atoms with Crippen LogP contribution in [-0.4, -0.2) is 16.8 Å². The largest absolute Gasteiger partial charge is 0.504 e. The number of ether oxygens (including phenoxy) is 2. The van der Waals surface area contributed by atoms with E-state index in [2.05, 4.69) is 6.07 Å². The molecule has 0 aliphatic carbocycles. The van der Waals surface area contributed by atoms with E-state index in [-0.39, 0.29) is 28.5 Å². The maximum Gasteiger partial charge on any atom is 0.258 e. The van der Waals surface area contributed by atoms with E-state index in [1.807, 2.05) is 24.3 Å². The van der Waals surface area contributed by atoms with Gasteiger partial charge in [0.25, 0.3) is 5.56 Å². The SMILES string of the molecule is COc1ccc([C@@H]2C(C#N)=C(N)Oc3c2c(=O)n(C)c2ccccc32)cc1O. The van der Waals surface area contributed by atoms with E-state index in [1.54, 1.807) is 19.2 Å². The Morgan fingerprint density at radius 3 is 2.71 bits per heavy atom. The number of aromatic nitrogens is 1. The second-order valence-electron chi connectivity index (χ2n) is 6.48. The normalized spacial score (nSPS) is 15.7. The molecule has 0 bridgehead atoms. The van der Waals surface area contributed by atoms with E-state index >= 15 is 0 Å². The van der Waals surface area contributed by atoms with Crippen LogP contribution in [0.5, 0.6) is 17.2 Å². The van der Waals surface area contributed by atoms with Crippen molar-refractivity contribution in [2.75, 3.05) is 7.11 Å². The number of allylic oxidation sites excluding steroid dienone is 1. The molecular weight excluding hydrogens is 358 g/mol. The van der Waals surface area contributed by atoms with Gasteiger partial charge in [-0.3, -0.25) is 4.79 Å². The Morgan fingerprint density at radius 1 is 1.29 bits per heavy atom. The number of nitriles is 1. The number of phenols is 1. The lowest BCUT2D eigenvalue weighted by molar-refractivity contribution is 0.372. The molecule has 0 unspecified atom stereocenters. The molecule has 0 saturated heterocycles. The van der Waals surface area contributed by atoms with E-state index in [0.29, 0.717) is 27.8 Å². The highest BCUT2D eigenvalue weighted by Gasteiger charge is 2.35. The first-order valence-electron chi connectivity index (χ1n) is 8.54. The first kappa shape index (κ1) is 17.5. The van der Waals surface area contributed by atoms with Gasteiger partial charge in [0.05, 0.1) is 24.1 Å². The number of aryl methyl sites for hydroxylation is 1. The van der Waals surface area contributed by atoms with Crippen LogP contribution in [0, 0.1) is 11.3 Å². The van der Waals surface area contributed by atoms with Crippen LogP contribution in [-0.2, 0) is 7.05 Å². The maximum absolute atomic E-state index is 13.2. The van der Waals surface area contributed by atoms with E-state index in [4.69, 9.17) is 15.2 Å². The summed E-state index contributed by atoms with van der Waals surface area (Å²) in [7, 11) is 3.11. The zero-order valence-corrected chi connectivity index (χ0v) is 15.3. The van der Waals surface area contributed by atoms with Crippen molar-refractivity contribution in [2.24, 2.45) is 12.8 Å². The van der Waals surface area contributed by atoms with Crippen LogP contribution in [0.4, 0.5) is 0 Å². The number of hydrogen-bond donors (Lipinski definition) is 2. The lowest BCUT2D eigenvalue weighted by Crippen LogP contribution is -2.31. The highest BCUT2D eigenvalue weighted by Crippen LogP contribution is 2.44. The van der Waals surface area contributed by atoms with Crippen molar-refractivity contribution in [3.05, 3.63) is 75.4 Å². The summed E-state index contributed by atoms with van der Waals surface area (Å²) in [5.74, 6) is -0.308. The molecule has 1 aliphatic rings. The highest BCUT2D eigenvalue weighted by atomic mass is 16.5. The van der Waals surface area contributed by atoms with Crippen molar-refractivity contribution in [1.82, 2.24) is 4.57 Å². The molecule has 0 amide bonds. The van der Waals surface area contributed by atoms with Crippen LogP contribution in [0.3, 0.4) is 0 Å². The van der Waals surface area contributed by atoms with Crippen LogP contribution in [0.1, 0.15) is 17.0 Å². The topological polar surface area (TPSA) is 111 Å². The Bertz CT molecular complexity index is 1250. The molecule has 1 aromatic heterocycles. The van der Waals surface area contributed by atoms with Crippen molar-refractivity contribution in [1.29, 1.82) is 5.26 Å². The summed E-state index contributed by atoms with van der Waals surface area (Å²) in [5.41, 5.74) is 7.39. The van der Waals surface area contributed by atoms with Gasteiger partial charge in [-0.15, -0.1) is 0 Å². The summed E-state index contributed by atoms with van der Waals surface area (Å²) in [4.78, 5) is 13.2. The van der Waals surface area contributed by atoms with Gasteiger partial charge >= 0.3 is 0 Å². The first-order valence-corrected chi connectivity index (χ1v) is 8.54. The van der Waals surface area contributed by atoms with Crippen molar-refractivity contribution in [2.45, 2.75) is 5.92 Å². The van der Waals surface area contributed by atoms with Crippen LogP contribution in [0.2, 0.25) is 0 Å². The number of methoxy groups -OCH3 is 1. The van der Waals surface area contributed by atoms with E-state index in [0.717, 1.165) is 0 Å². The number of nitrogens with zero attached hydrogens (tertiary/aromatic N) is 2. The van der Waals surface area contributed by atoms with Crippen LogP contribution in [0.25, 0.3) is 10.9 Å². The maximum atomic E-state index is 13.2. The van der Waals surface area contributed by atoms with E-state index in [1.165, 1.54) is 17.7 Å². The molecule has 7 heteroatoms. The Kier molecular flexibility index (Phi) is 3.97. The summed E-state index contributed by atoms with van der Waals surface area (Å²) in [6.45, 7) is 0. The number of pyridine rings is 1. The quantitative estimate of drug-likeness (QED) is 0.712. The van der Waals surface area contributed by atoms with Gasteiger partial charge in [0, 0.05) is 12.4 Å². The number of para-hydroxylation sites is 1. The molecule has 0 spiro atoms. The van der Waals surface area contributed by atoms with Crippen LogP contribution in [0.15, 0.2) is 58.7 Å². The molecular formula is C21H17N3O4. The van der Waals surface area contributed by atoms with E-state index in [9.17, 15) is 15.2 Å². The minimum Gasteiger partial charge on any atom is -0.504 e. The molecule has 0 fully saturated rings. The molecule has 1 aliphatic heterocycles. The minimum atomic E-state index is -0.770. The number of phenolic OH excluding ortho intramolecular Hbond substituents is 1. The molecule has 7 nitrogen and oxygen atoms in total. The summed E-state index contributed by atoms with van der Waals surface area (Å²) in [6, 6.07) is 14.1. The van der Waals surface area contributed by atoms with Crippen molar-refractivity contribution in [3.8, 4) is 23.3 Å². The van der Waals surface area contributed by atoms with Crippen molar-refractivity contribution in [3.63, 3.8) is 0 Å². The minimum absolute atomic E-state index is 0.0614. The van der Waals surface area contributed by atoms with Crippen LogP contribution >= 0.6 is 0 Å². The van der Waals surface area contributed by atoms with Gasteiger partial charge in [0.15, 0.2) is 11.5 Å². The average molecular weight is 375 g/mol. The second-order valence-corrected chi connectivity index (χ2v) is 6.48. The summed E-state index contributed by atoms with van der Waals surface area (Å²) in [6.07, 6.45) is 0. The Labute approximate surface area is 160 Å². The third-order valence-corrected chi connectivity index (χ3v) is 5.00. The lowest BCUT2D eigenvalue weighted by Gasteiger charge is -2.27. The molecule has 1 atom stereocenters. The van der Waals surface area contributed by atoms with Gasteiger partial charge in [-0.25, -0.2) is 0 Å². The molecule has 0 radical (unpaired) electrons. The van der Waals surface area contributed by atoms with Crippen molar-refractivity contribution >= 4 is 10.9 Å². The molecule has 28 heavy (non-hydrogen) atoms. The van der Waals surface area contributed by atoms with Gasteiger partial charge in [0.1, 0.15) is 17.4 Å². The number of benzene rings is 2. The third kappa shape index (κ3) is 2.39. The predicted molar refractivity (Wildman–Crippen MR) is 103 cm³/mol. The fourth-order valence-corrected chi connectivity index (χ4v) is 3.65. The molecule has 0 saturated carbocycles. The zero-order valence-electron chi connectivity index (χ0n) is 15.3. The molecule has 140 valence electrons. The fourth-order valence-electron chi connectivity index (χ4n) is 3.65. The smallest absolute Gasteiger partial charge is 0.258 e. The monoisotopic (exact) mass is 375 g/mol. The molecule has 3 aromatic rings. The second kappa shape index (κ2) is 6.35. The highest BCUT2D eigenvalue weighted by molar-refractivity contribution is 5.88. The van der Waals surface area contributed by atoms with E-state index < -0.39 is 5.92 Å². The molecule has 2 aromatic carbocycles. The van der Waals surface area contributed by atoms with Crippen molar-refractivity contribution < 1.29 is 14.6 Å².